The number of hydrogen-bond donors (Lipinski definition) is 2. The lowest BCUT2D eigenvalue weighted by molar-refractivity contribution is 0.0946. The number of amides is 1. The zero-order chi connectivity index (χ0) is 15.6. The second kappa shape index (κ2) is 6.20. The minimum absolute atomic E-state index is 0.189. The van der Waals surface area contributed by atoms with E-state index in [4.69, 9.17) is 0 Å². The van der Waals surface area contributed by atoms with E-state index in [1.54, 1.807) is 36.4 Å². The lowest BCUT2D eigenvalue weighted by atomic mass is 10.0. The maximum atomic E-state index is 12.5. The second-order valence-corrected chi connectivity index (χ2v) is 8.43. The van der Waals surface area contributed by atoms with Crippen molar-refractivity contribution < 1.29 is 13.2 Å². The predicted molar refractivity (Wildman–Crippen MR) is 84.9 cm³/mol. The Morgan fingerprint density at radius 3 is 2.55 bits per heavy atom. The van der Waals surface area contributed by atoms with Crippen LogP contribution < -0.4 is 10.6 Å². The van der Waals surface area contributed by atoms with Crippen LogP contribution in [0.4, 0.5) is 0 Å². The molecule has 116 valence electrons. The maximum absolute atomic E-state index is 12.5. The van der Waals surface area contributed by atoms with Gasteiger partial charge in [0.15, 0.2) is 0 Å². The Kier molecular flexibility index (Phi) is 4.28. The fourth-order valence-electron chi connectivity index (χ4n) is 2.12. The third-order valence-corrected chi connectivity index (χ3v) is 6.89. The first-order chi connectivity index (χ1) is 10.6. The van der Waals surface area contributed by atoms with Crippen LogP contribution in [0.15, 0.2) is 51.6 Å². The van der Waals surface area contributed by atoms with Gasteiger partial charge in [-0.05, 0) is 24.3 Å². The van der Waals surface area contributed by atoms with Gasteiger partial charge in [0.2, 0.25) is 9.84 Å². The zero-order valence-corrected chi connectivity index (χ0v) is 13.4. The van der Waals surface area contributed by atoms with Gasteiger partial charge in [-0.15, -0.1) is 11.3 Å². The van der Waals surface area contributed by atoms with E-state index in [-0.39, 0.29) is 15.0 Å². The van der Waals surface area contributed by atoms with Gasteiger partial charge in [-0.2, -0.15) is 0 Å². The Balaban J connectivity index is 1.74. The van der Waals surface area contributed by atoms with E-state index >= 15 is 0 Å². The highest BCUT2D eigenvalue weighted by atomic mass is 32.2. The standard InChI is InChI=1S/C15H16N2O3S2/c18-15(17-10-11-8-16-9-11)13-6-7-14(21-13)22(19,20)12-4-2-1-3-5-12/h1-7,11,16H,8-10H2,(H,17,18). The molecule has 7 heteroatoms. The van der Waals surface area contributed by atoms with Crippen LogP contribution >= 0.6 is 11.3 Å². The third kappa shape index (κ3) is 3.06. The molecule has 0 aliphatic carbocycles. The third-order valence-electron chi connectivity index (χ3n) is 3.54. The minimum Gasteiger partial charge on any atom is -0.351 e. The summed E-state index contributed by atoms with van der Waals surface area (Å²) in [6, 6.07) is 11.3. The maximum Gasteiger partial charge on any atom is 0.261 e. The number of benzene rings is 1. The van der Waals surface area contributed by atoms with Gasteiger partial charge in [-0.25, -0.2) is 8.42 Å². The summed E-state index contributed by atoms with van der Waals surface area (Å²) in [4.78, 5) is 12.7. The molecule has 1 amide bonds. The molecule has 5 nitrogen and oxygen atoms in total. The number of rotatable bonds is 5. The van der Waals surface area contributed by atoms with E-state index in [0.29, 0.717) is 17.3 Å². The van der Waals surface area contributed by atoms with Gasteiger partial charge in [0, 0.05) is 25.6 Å². The van der Waals surface area contributed by atoms with Gasteiger partial charge in [-0.3, -0.25) is 4.79 Å². The fraction of sp³-hybridized carbons (Fsp3) is 0.267. The van der Waals surface area contributed by atoms with Crippen molar-refractivity contribution in [3.05, 3.63) is 47.3 Å². The average Bonchev–Trinajstić information content (AvgIpc) is 2.97. The Morgan fingerprint density at radius 2 is 1.91 bits per heavy atom. The van der Waals surface area contributed by atoms with E-state index in [0.717, 1.165) is 24.4 Å². The minimum atomic E-state index is -3.55. The van der Waals surface area contributed by atoms with Crippen molar-refractivity contribution in [2.45, 2.75) is 9.10 Å². The number of carbonyl (C=O) groups is 1. The summed E-state index contributed by atoms with van der Waals surface area (Å²) in [5.74, 6) is 0.253. The van der Waals surface area contributed by atoms with Gasteiger partial charge < -0.3 is 10.6 Å². The Bertz CT molecular complexity index is 765. The highest BCUT2D eigenvalue weighted by Crippen LogP contribution is 2.27. The fourth-order valence-corrected chi connectivity index (χ4v) is 4.76. The van der Waals surface area contributed by atoms with Crippen LogP contribution in [0, 0.1) is 5.92 Å². The van der Waals surface area contributed by atoms with E-state index < -0.39 is 9.84 Å². The van der Waals surface area contributed by atoms with Crippen molar-refractivity contribution in [1.82, 2.24) is 10.6 Å². The molecule has 1 aromatic carbocycles. The second-order valence-electron chi connectivity index (χ2n) is 5.17. The van der Waals surface area contributed by atoms with Crippen molar-refractivity contribution in [1.29, 1.82) is 0 Å². The molecule has 1 saturated heterocycles. The molecule has 2 aromatic rings. The molecule has 0 atom stereocenters. The molecule has 3 rings (SSSR count). The zero-order valence-electron chi connectivity index (χ0n) is 11.8. The summed E-state index contributed by atoms with van der Waals surface area (Å²) in [7, 11) is -3.55. The van der Waals surface area contributed by atoms with Crippen molar-refractivity contribution in [2.24, 2.45) is 5.92 Å². The Morgan fingerprint density at radius 1 is 1.18 bits per heavy atom. The quantitative estimate of drug-likeness (QED) is 0.868. The largest absolute Gasteiger partial charge is 0.351 e. The molecule has 22 heavy (non-hydrogen) atoms. The summed E-state index contributed by atoms with van der Waals surface area (Å²) < 4.78 is 25.1. The van der Waals surface area contributed by atoms with Crippen LogP contribution in [0.1, 0.15) is 9.67 Å². The smallest absolute Gasteiger partial charge is 0.261 e. The van der Waals surface area contributed by atoms with Gasteiger partial charge in [-0.1, -0.05) is 18.2 Å². The molecular formula is C15H16N2O3S2. The van der Waals surface area contributed by atoms with Gasteiger partial charge in [0.05, 0.1) is 9.77 Å². The summed E-state index contributed by atoms with van der Waals surface area (Å²) in [6.07, 6.45) is 0. The summed E-state index contributed by atoms with van der Waals surface area (Å²) in [5, 5.41) is 5.98. The number of carbonyl (C=O) groups excluding carboxylic acids is 1. The van der Waals surface area contributed by atoms with E-state index in [1.807, 2.05) is 0 Å². The topological polar surface area (TPSA) is 75.3 Å². The molecule has 0 unspecified atom stereocenters. The number of hydrogen-bond acceptors (Lipinski definition) is 5. The van der Waals surface area contributed by atoms with E-state index in [9.17, 15) is 13.2 Å². The van der Waals surface area contributed by atoms with Crippen molar-refractivity contribution >= 4 is 27.1 Å². The van der Waals surface area contributed by atoms with Crippen LogP contribution in [0.25, 0.3) is 0 Å². The monoisotopic (exact) mass is 336 g/mol. The van der Waals surface area contributed by atoms with Gasteiger partial charge in [0.25, 0.3) is 5.91 Å². The van der Waals surface area contributed by atoms with Crippen LogP contribution in [-0.4, -0.2) is 34.0 Å². The van der Waals surface area contributed by atoms with E-state index in [2.05, 4.69) is 10.6 Å². The normalized spacial score (nSPS) is 15.3. The van der Waals surface area contributed by atoms with Crippen molar-refractivity contribution in [2.75, 3.05) is 19.6 Å². The molecular weight excluding hydrogens is 320 g/mol. The van der Waals surface area contributed by atoms with Crippen molar-refractivity contribution in [3.8, 4) is 0 Å². The van der Waals surface area contributed by atoms with E-state index in [1.165, 1.54) is 6.07 Å². The molecule has 0 bridgehead atoms. The lowest BCUT2D eigenvalue weighted by Crippen LogP contribution is -2.48. The molecule has 1 fully saturated rings. The predicted octanol–water partition coefficient (Wildman–Crippen LogP) is 1.53. The first kappa shape index (κ1) is 15.2. The number of nitrogens with one attached hydrogen (secondary N) is 2. The number of sulfone groups is 1. The first-order valence-corrected chi connectivity index (χ1v) is 9.26. The van der Waals surface area contributed by atoms with Crippen LogP contribution in [0.2, 0.25) is 0 Å². The lowest BCUT2D eigenvalue weighted by Gasteiger charge is -2.26. The molecule has 1 aliphatic rings. The molecule has 2 heterocycles. The molecule has 0 saturated carbocycles. The van der Waals surface area contributed by atoms with Crippen molar-refractivity contribution in [3.63, 3.8) is 0 Å². The SMILES string of the molecule is O=C(NCC1CNC1)c1ccc(S(=O)(=O)c2ccccc2)s1. The Hall–Kier alpha value is -1.70. The van der Waals surface area contributed by atoms with Gasteiger partial charge in [0.1, 0.15) is 4.21 Å². The molecule has 0 spiro atoms. The highest BCUT2D eigenvalue weighted by molar-refractivity contribution is 7.93. The molecule has 2 N–H and O–H groups in total. The number of thiophene rings is 1. The van der Waals surface area contributed by atoms with Crippen LogP contribution in [-0.2, 0) is 9.84 Å². The summed E-state index contributed by atoms with van der Waals surface area (Å²) in [5.41, 5.74) is 0. The van der Waals surface area contributed by atoms with Gasteiger partial charge >= 0.3 is 0 Å². The average molecular weight is 336 g/mol. The summed E-state index contributed by atoms with van der Waals surface area (Å²) >= 11 is 1.00. The first-order valence-electron chi connectivity index (χ1n) is 6.96. The molecule has 1 aromatic heterocycles. The summed E-state index contributed by atoms with van der Waals surface area (Å²) in [6.45, 7) is 2.45. The van der Waals surface area contributed by atoms with Crippen LogP contribution in [0.5, 0.6) is 0 Å². The van der Waals surface area contributed by atoms with Crippen LogP contribution in [0.3, 0.4) is 0 Å². The molecule has 1 aliphatic heterocycles. The Labute approximate surface area is 133 Å². The molecule has 0 radical (unpaired) electrons. The highest BCUT2D eigenvalue weighted by Gasteiger charge is 2.22.